The molecule has 162 valence electrons. The summed E-state index contributed by atoms with van der Waals surface area (Å²) in [6, 6.07) is 25.9. The standard InChI is InChI=1S/C27H27N3O2/c1-20-26(24-13-5-6-14-25(24)32-19-21-9-3-2-4-10-21)27-29(15-8-16-30(27)28-20)18-22-11-7-12-23(31)17-22/h2-7,9-14,17,31H,8,15-16,18-19H2,1H3. The number of phenols is 1. The Morgan fingerprint density at radius 2 is 1.69 bits per heavy atom. The molecule has 0 bridgehead atoms. The third kappa shape index (κ3) is 4.06. The number of aromatic hydroxyl groups is 1. The average Bonchev–Trinajstić information content (AvgIpc) is 3.15. The third-order valence-electron chi connectivity index (χ3n) is 5.88. The second kappa shape index (κ2) is 8.79. The Morgan fingerprint density at radius 1 is 0.906 bits per heavy atom. The number of phenolic OH excluding ortho intramolecular Hbond substituents is 1. The highest BCUT2D eigenvalue weighted by molar-refractivity contribution is 5.82. The molecule has 1 aliphatic rings. The highest BCUT2D eigenvalue weighted by atomic mass is 16.5. The molecule has 0 aliphatic carbocycles. The molecule has 0 fully saturated rings. The summed E-state index contributed by atoms with van der Waals surface area (Å²) in [4.78, 5) is 2.36. The first-order valence-corrected chi connectivity index (χ1v) is 11.1. The van der Waals surface area contributed by atoms with E-state index in [1.807, 2.05) is 42.5 Å². The maximum Gasteiger partial charge on any atom is 0.135 e. The molecule has 1 N–H and O–H groups in total. The Bertz CT molecular complexity index is 1220. The lowest BCUT2D eigenvalue weighted by Gasteiger charge is -2.31. The quantitative estimate of drug-likeness (QED) is 0.440. The second-order valence-corrected chi connectivity index (χ2v) is 8.22. The minimum Gasteiger partial charge on any atom is -0.508 e. The van der Waals surface area contributed by atoms with Crippen LogP contribution in [0.5, 0.6) is 11.5 Å². The highest BCUT2D eigenvalue weighted by Gasteiger charge is 2.27. The van der Waals surface area contributed by atoms with E-state index in [0.717, 1.165) is 65.6 Å². The maximum atomic E-state index is 9.91. The van der Waals surface area contributed by atoms with E-state index >= 15 is 0 Å². The molecule has 5 rings (SSSR count). The van der Waals surface area contributed by atoms with Gasteiger partial charge in [0.25, 0.3) is 0 Å². The van der Waals surface area contributed by atoms with Crippen molar-refractivity contribution in [2.24, 2.45) is 0 Å². The zero-order chi connectivity index (χ0) is 21.9. The number of hydrogen-bond acceptors (Lipinski definition) is 4. The van der Waals surface area contributed by atoms with E-state index in [4.69, 9.17) is 9.84 Å². The molecule has 5 heteroatoms. The summed E-state index contributed by atoms with van der Waals surface area (Å²) in [5.41, 5.74) is 5.40. The molecular weight excluding hydrogens is 398 g/mol. The number of benzene rings is 3. The zero-order valence-corrected chi connectivity index (χ0v) is 18.2. The van der Waals surface area contributed by atoms with Crippen molar-refractivity contribution < 1.29 is 9.84 Å². The molecule has 3 aromatic carbocycles. The van der Waals surface area contributed by atoms with Gasteiger partial charge in [0.2, 0.25) is 0 Å². The van der Waals surface area contributed by atoms with Gasteiger partial charge in [0.15, 0.2) is 0 Å². The summed E-state index contributed by atoms with van der Waals surface area (Å²) in [6.07, 6.45) is 1.04. The first kappa shape index (κ1) is 20.2. The molecule has 5 nitrogen and oxygen atoms in total. The van der Waals surface area contributed by atoms with Gasteiger partial charge in [-0.25, -0.2) is 4.68 Å². The number of nitrogens with zero attached hydrogens (tertiary/aromatic N) is 3. The normalized spacial score (nSPS) is 13.1. The summed E-state index contributed by atoms with van der Waals surface area (Å²) in [5, 5.41) is 14.8. The second-order valence-electron chi connectivity index (χ2n) is 8.22. The lowest BCUT2D eigenvalue weighted by Crippen LogP contribution is -2.32. The van der Waals surface area contributed by atoms with Gasteiger partial charge in [-0.05, 0) is 42.7 Å². The largest absolute Gasteiger partial charge is 0.508 e. The van der Waals surface area contributed by atoms with E-state index in [0.29, 0.717) is 12.4 Å². The first-order chi connectivity index (χ1) is 15.7. The van der Waals surface area contributed by atoms with Crippen LogP contribution in [0.4, 0.5) is 5.82 Å². The molecule has 1 aliphatic heterocycles. The molecule has 32 heavy (non-hydrogen) atoms. The van der Waals surface area contributed by atoms with Gasteiger partial charge < -0.3 is 14.7 Å². The molecular formula is C27H27N3O2. The lowest BCUT2D eigenvalue weighted by atomic mass is 10.0. The van der Waals surface area contributed by atoms with E-state index in [1.165, 1.54) is 0 Å². The maximum absolute atomic E-state index is 9.91. The zero-order valence-electron chi connectivity index (χ0n) is 18.2. The molecule has 0 atom stereocenters. The third-order valence-corrected chi connectivity index (χ3v) is 5.88. The van der Waals surface area contributed by atoms with Gasteiger partial charge in [-0.15, -0.1) is 0 Å². The Hall–Kier alpha value is -3.73. The number of anilines is 1. The summed E-state index contributed by atoms with van der Waals surface area (Å²) in [5.74, 6) is 2.27. The van der Waals surface area contributed by atoms with Crippen molar-refractivity contribution in [1.29, 1.82) is 0 Å². The number of rotatable bonds is 6. The van der Waals surface area contributed by atoms with Crippen LogP contribution in [0.1, 0.15) is 23.2 Å². The minimum absolute atomic E-state index is 0.295. The van der Waals surface area contributed by atoms with E-state index < -0.39 is 0 Å². The molecule has 1 aromatic heterocycles. The smallest absolute Gasteiger partial charge is 0.135 e. The number of aromatic nitrogens is 2. The highest BCUT2D eigenvalue weighted by Crippen LogP contribution is 2.41. The Morgan fingerprint density at radius 3 is 2.53 bits per heavy atom. The van der Waals surface area contributed by atoms with Crippen molar-refractivity contribution in [3.05, 3.63) is 95.7 Å². The van der Waals surface area contributed by atoms with Crippen molar-refractivity contribution >= 4 is 5.82 Å². The number of fused-ring (bicyclic) bond motifs is 1. The van der Waals surface area contributed by atoms with Crippen LogP contribution in [0.3, 0.4) is 0 Å². The van der Waals surface area contributed by atoms with Crippen molar-refractivity contribution in [1.82, 2.24) is 9.78 Å². The fourth-order valence-corrected chi connectivity index (χ4v) is 4.44. The van der Waals surface area contributed by atoms with E-state index in [1.54, 1.807) is 6.07 Å². The van der Waals surface area contributed by atoms with E-state index in [9.17, 15) is 5.11 Å². The van der Waals surface area contributed by atoms with Gasteiger partial charge in [-0.2, -0.15) is 5.10 Å². The average molecular weight is 426 g/mol. The molecule has 0 radical (unpaired) electrons. The fourth-order valence-electron chi connectivity index (χ4n) is 4.44. The van der Waals surface area contributed by atoms with E-state index in [2.05, 4.69) is 46.8 Å². The van der Waals surface area contributed by atoms with Gasteiger partial charge in [-0.3, -0.25) is 0 Å². The summed E-state index contributed by atoms with van der Waals surface area (Å²) < 4.78 is 8.39. The van der Waals surface area contributed by atoms with Crippen molar-refractivity contribution in [3.8, 4) is 22.6 Å². The molecule has 2 heterocycles. The van der Waals surface area contributed by atoms with Crippen molar-refractivity contribution in [2.75, 3.05) is 11.4 Å². The van der Waals surface area contributed by atoms with Gasteiger partial charge in [0.1, 0.15) is 23.9 Å². The predicted octanol–water partition coefficient (Wildman–Crippen LogP) is 5.55. The fraction of sp³-hybridized carbons (Fsp3) is 0.222. The number of aryl methyl sites for hydroxylation is 2. The monoisotopic (exact) mass is 425 g/mol. The van der Waals surface area contributed by atoms with Crippen LogP contribution in [-0.2, 0) is 19.7 Å². The Balaban J connectivity index is 1.51. The van der Waals surface area contributed by atoms with Crippen LogP contribution in [0, 0.1) is 6.92 Å². The van der Waals surface area contributed by atoms with E-state index in [-0.39, 0.29) is 0 Å². The summed E-state index contributed by atoms with van der Waals surface area (Å²) >= 11 is 0. The first-order valence-electron chi connectivity index (χ1n) is 11.1. The van der Waals surface area contributed by atoms with Crippen molar-refractivity contribution in [2.45, 2.75) is 33.0 Å². The molecule has 0 saturated heterocycles. The van der Waals surface area contributed by atoms with Crippen LogP contribution >= 0.6 is 0 Å². The topological polar surface area (TPSA) is 50.5 Å². The van der Waals surface area contributed by atoms with Gasteiger partial charge in [0, 0.05) is 25.2 Å². The minimum atomic E-state index is 0.295. The number of para-hydroxylation sites is 1. The van der Waals surface area contributed by atoms with Crippen LogP contribution in [0.25, 0.3) is 11.1 Å². The molecule has 0 saturated carbocycles. The van der Waals surface area contributed by atoms with Crippen LogP contribution < -0.4 is 9.64 Å². The Kier molecular flexibility index (Phi) is 5.55. The van der Waals surface area contributed by atoms with Gasteiger partial charge >= 0.3 is 0 Å². The van der Waals surface area contributed by atoms with Gasteiger partial charge in [-0.1, -0.05) is 60.7 Å². The molecule has 0 unspecified atom stereocenters. The van der Waals surface area contributed by atoms with Crippen LogP contribution in [0.2, 0.25) is 0 Å². The van der Waals surface area contributed by atoms with Crippen LogP contribution in [0.15, 0.2) is 78.9 Å². The SMILES string of the molecule is Cc1nn2c(c1-c1ccccc1OCc1ccccc1)N(Cc1cccc(O)c1)CCC2. The number of hydrogen-bond donors (Lipinski definition) is 1. The molecule has 0 amide bonds. The molecule has 0 spiro atoms. The Labute approximate surface area is 188 Å². The summed E-state index contributed by atoms with van der Waals surface area (Å²) in [6.45, 7) is 5.16. The lowest BCUT2D eigenvalue weighted by molar-refractivity contribution is 0.307. The van der Waals surface area contributed by atoms with Crippen LogP contribution in [-0.4, -0.2) is 21.4 Å². The van der Waals surface area contributed by atoms with Crippen molar-refractivity contribution in [3.63, 3.8) is 0 Å². The number of ether oxygens (including phenoxy) is 1. The van der Waals surface area contributed by atoms with Gasteiger partial charge in [0.05, 0.1) is 11.3 Å². The predicted molar refractivity (Wildman–Crippen MR) is 127 cm³/mol. The summed E-state index contributed by atoms with van der Waals surface area (Å²) in [7, 11) is 0. The molecule has 4 aromatic rings.